The van der Waals surface area contributed by atoms with Crippen LogP contribution in [0.1, 0.15) is 28.8 Å². The third-order valence-corrected chi connectivity index (χ3v) is 5.24. The molecule has 7 nitrogen and oxygen atoms in total. The fourth-order valence-electron chi connectivity index (χ4n) is 3.76. The number of nitrogens with one attached hydrogen (secondary N) is 1. The first kappa shape index (κ1) is 18.9. The molecule has 29 heavy (non-hydrogen) atoms. The van der Waals surface area contributed by atoms with Gasteiger partial charge in [-0.15, -0.1) is 0 Å². The molecule has 8 heteroatoms. The Balaban J connectivity index is 1.54. The van der Waals surface area contributed by atoms with Crippen LogP contribution in [0.15, 0.2) is 42.5 Å². The predicted molar refractivity (Wildman–Crippen MR) is 103 cm³/mol. The van der Waals surface area contributed by atoms with Gasteiger partial charge in [0.25, 0.3) is 11.8 Å². The van der Waals surface area contributed by atoms with Gasteiger partial charge in [-0.25, -0.2) is 9.18 Å². The summed E-state index contributed by atoms with van der Waals surface area (Å²) in [5.41, 5.74) is 1.38. The number of anilines is 1. The van der Waals surface area contributed by atoms with Gasteiger partial charge in [-0.1, -0.05) is 6.07 Å². The fraction of sp³-hybridized carbons (Fsp3) is 0.286. The Kier molecular flexibility index (Phi) is 4.92. The summed E-state index contributed by atoms with van der Waals surface area (Å²) < 4.78 is 18.4. The maximum atomic E-state index is 13.1. The minimum atomic E-state index is -0.429. The summed E-state index contributed by atoms with van der Waals surface area (Å²) in [6.07, 6.45) is 1.54. The number of urea groups is 1. The van der Waals surface area contributed by atoms with Crippen LogP contribution in [0.3, 0.4) is 0 Å². The highest BCUT2D eigenvalue weighted by atomic mass is 19.1. The van der Waals surface area contributed by atoms with E-state index in [9.17, 15) is 18.8 Å². The third kappa shape index (κ3) is 3.53. The molecule has 2 heterocycles. The van der Waals surface area contributed by atoms with Crippen LogP contribution in [0.5, 0.6) is 5.75 Å². The molecule has 1 unspecified atom stereocenters. The van der Waals surface area contributed by atoms with Gasteiger partial charge in [-0.2, -0.15) is 0 Å². The highest BCUT2D eigenvalue weighted by Gasteiger charge is 2.47. The van der Waals surface area contributed by atoms with Crippen molar-refractivity contribution in [2.24, 2.45) is 0 Å². The van der Waals surface area contributed by atoms with Gasteiger partial charge in [-0.05, 0) is 54.8 Å². The number of fused-ring (bicyclic) bond motifs is 1. The van der Waals surface area contributed by atoms with Crippen LogP contribution in [-0.2, 0) is 11.3 Å². The molecule has 2 aliphatic heterocycles. The summed E-state index contributed by atoms with van der Waals surface area (Å²) in [6, 6.07) is 9.65. The number of imide groups is 1. The third-order valence-electron chi connectivity index (χ3n) is 5.24. The Morgan fingerprint density at radius 3 is 2.66 bits per heavy atom. The van der Waals surface area contributed by atoms with E-state index in [4.69, 9.17) is 4.74 Å². The minimum absolute atomic E-state index is 0.119. The standard InChI is InChI=1S/C21H20FN3O4/c1-29-18-9-4-13(12-25-20(27)17-3-2-10-24(17)21(25)28)11-16(18)23-19(26)14-5-7-15(22)8-6-14/h4-9,11,17H,2-3,10,12H2,1H3,(H,23,26). The zero-order chi connectivity index (χ0) is 20.5. The summed E-state index contributed by atoms with van der Waals surface area (Å²) in [5.74, 6) is -0.597. The lowest BCUT2D eigenvalue weighted by molar-refractivity contribution is -0.128. The molecular weight excluding hydrogens is 377 g/mol. The average molecular weight is 397 g/mol. The predicted octanol–water partition coefficient (Wildman–Crippen LogP) is 3.01. The van der Waals surface area contributed by atoms with Crippen molar-refractivity contribution < 1.29 is 23.5 Å². The smallest absolute Gasteiger partial charge is 0.327 e. The van der Waals surface area contributed by atoms with Crippen molar-refractivity contribution in [2.45, 2.75) is 25.4 Å². The van der Waals surface area contributed by atoms with E-state index < -0.39 is 11.7 Å². The normalized spacial score (nSPS) is 18.2. The number of amides is 4. The molecule has 0 spiro atoms. The number of ether oxygens (including phenoxy) is 1. The molecule has 0 aromatic heterocycles. The van der Waals surface area contributed by atoms with Crippen molar-refractivity contribution in [1.82, 2.24) is 9.80 Å². The lowest BCUT2D eigenvalue weighted by atomic mass is 10.1. The second kappa shape index (κ2) is 7.54. The van der Waals surface area contributed by atoms with Crippen LogP contribution in [0.4, 0.5) is 14.9 Å². The van der Waals surface area contributed by atoms with E-state index in [2.05, 4.69) is 5.32 Å². The molecule has 2 fully saturated rings. The van der Waals surface area contributed by atoms with Crippen LogP contribution >= 0.6 is 0 Å². The summed E-state index contributed by atoms with van der Waals surface area (Å²) in [4.78, 5) is 40.4. The van der Waals surface area contributed by atoms with Crippen LogP contribution < -0.4 is 10.1 Å². The Bertz CT molecular complexity index is 954. The zero-order valence-electron chi connectivity index (χ0n) is 15.9. The van der Waals surface area contributed by atoms with Gasteiger partial charge in [0.15, 0.2) is 0 Å². The zero-order valence-corrected chi connectivity index (χ0v) is 15.9. The van der Waals surface area contributed by atoms with Gasteiger partial charge < -0.3 is 15.0 Å². The van der Waals surface area contributed by atoms with E-state index in [1.165, 1.54) is 36.3 Å². The van der Waals surface area contributed by atoms with Crippen molar-refractivity contribution in [3.8, 4) is 5.75 Å². The SMILES string of the molecule is COc1ccc(CN2C(=O)C3CCCN3C2=O)cc1NC(=O)c1ccc(F)cc1. The van der Waals surface area contributed by atoms with Crippen LogP contribution in [0.25, 0.3) is 0 Å². The second-order valence-electron chi connectivity index (χ2n) is 7.05. The number of halogens is 1. The molecule has 2 aromatic rings. The average Bonchev–Trinajstić information content (AvgIpc) is 3.28. The molecule has 2 aliphatic rings. The van der Waals surface area contributed by atoms with Gasteiger partial charge in [0.2, 0.25) is 0 Å². The molecule has 2 aromatic carbocycles. The first-order valence-corrected chi connectivity index (χ1v) is 9.34. The lowest BCUT2D eigenvalue weighted by Gasteiger charge is -2.17. The Labute approximate surface area is 167 Å². The molecule has 0 aliphatic carbocycles. The van der Waals surface area contributed by atoms with Crippen molar-refractivity contribution in [3.63, 3.8) is 0 Å². The van der Waals surface area contributed by atoms with Crippen molar-refractivity contribution >= 4 is 23.5 Å². The molecule has 150 valence electrons. The van der Waals surface area contributed by atoms with Gasteiger partial charge in [0.05, 0.1) is 19.3 Å². The number of rotatable bonds is 5. The van der Waals surface area contributed by atoms with Crippen molar-refractivity contribution in [3.05, 3.63) is 59.4 Å². The minimum Gasteiger partial charge on any atom is -0.495 e. The monoisotopic (exact) mass is 397 g/mol. The Hall–Kier alpha value is -3.42. The number of carbonyl (C=O) groups is 3. The van der Waals surface area contributed by atoms with Gasteiger partial charge >= 0.3 is 6.03 Å². The molecule has 2 saturated heterocycles. The summed E-state index contributed by atoms with van der Waals surface area (Å²) >= 11 is 0. The van der Waals surface area contributed by atoms with Crippen LogP contribution in [-0.4, -0.2) is 47.3 Å². The van der Waals surface area contributed by atoms with Gasteiger partial charge in [0, 0.05) is 12.1 Å². The number of benzene rings is 2. The molecule has 0 bridgehead atoms. The van der Waals surface area contributed by atoms with Crippen LogP contribution in [0.2, 0.25) is 0 Å². The van der Waals surface area contributed by atoms with Crippen LogP contribution in [0, 0.1) is 5.82 Å². The largest absolute Gasteiger partial charge is 0.495 e. The maximum absolute atomic E-state index is 13.1. The van der Waals surface area contributed by atoms with E-state index in [0.29, 0.717) is 35.5 Å². The highest BCUT2D eigenvalue weighted by molar-refractivity contribution is 6.05. The van der Waals surface area contributed by atoms with Crippen molar-refractivity contribution in [1.29, 1.82) is 0 Å². The summed E-state index contributed by atoms with van der Waals surface area (Å²) in [6.45, 7) is 0.724. The Morgan fingerprint density at radius 2 is 1.97 bits per heavy atom. The number of carbonyl (C=O) groups excluding carboxylic acids is 3. The second-order valence-corrected chi connectivity index (χ2v) is 7.05. The molecule has 0 radical (unpaired) electrons. The molecule has 1 atom stereocenters. The van der Waals surface area contributed by atoms with E-state index in [-0.39, 0.29) is 24.5 Å². The number of nitrogens with zero attached hydrogens (tertiary/aromatic N) is 2. The summed E-state index contributed by atoms with van der Waals surface area (Å²) in [7, 11) is 1.48. The topological polar surface area (TPSA) is 79.0 Å². The molecule has 0 saturated carbocycles. The molecule has 4 amide bonds. The molecule has 4 rings (SSSR count). The molecule has 1 N–H and O–H groups in total. The maximum Gasteiger partial charge on any atom is 0.327 e. The lowest BCUT2D eigenvalue weighted by Crippen LogP contribution is -2.32. The number of hydrogen-bond donors (Lipinski definition) is 1. The van der Waals surface area contributed by atoms with E-state index in [0.717, 1.165) is 6.42 Å². The van der Waals surface area contributed by atoms with E-state index >= 15 is 0 Å². The Morgan fingerprint density at radius 1 is 1.21 bits per heavy atom. The summed E-state index contributed by atoms with van der Waals surface area (Å²) in [5, 5.41) is 2.74. The molecular formula is C21H20FN3O4. The number of hydrogen-bond acceptors (Lipinski definition) is 4. The first-order valence-electron chi connectivity index (χ1n) is 9.34. The van der Waals surface area contributed by atoms with E-state index in [1.54, 1.807) is 23.1 Å². The quantitative estimate of drug-likeness (QED) is 0.787. The van der Waals surface area contributed by atoms with E-state index in [1.807, 2.05) is 0 Å². The first-order chi connectivity index (χ1) is 14.0. The fourth-order valence-corrected chi connectivity index (χ4v) is 3.76. The number of methoxy groups -OCH3 is 1. The van der Waals surface area contributed by atoms with Gasteiger partial charge in [-0.3, -0.25) is 14.5 Å². The van der Waals surface area contributed by atoms with Crippen molar-refractivity contribution in [2.75, 3.05) is 19.0 Å². The highest BCUT2D eigenvalue weighted by Crippen LogP contribution is 2.31. The van der Waals surface area contributed by atoms with Gasteiger partial charge in [0.1, 0.15) is 17.6 Å².